The van der Waals surface area contributed by atoms with Crippen LogP contribution in [0, 0.1) is 11.8 Å². The van der Waals surface area contributed by atoms with Crippen LogP contribution in [0.4, 0.5) is 0 Å². The van der Waals surface area contributed by atoms with Crippen molar-refractivity contribution in [2.24, 2.45) is 11.8 Å². The quantitative estimate of drug-likeness (QED) is 0.803. The molecule has 1 saturated heterocycles. The van der Waals surface area contributed by atoms with Crippen LogP contribution in [0.2, 0.25) is 0 Å². The van der Waals surface area contributed by atoms with Crippen LogP contribution < -0.4 is 5.32 Å². The number of hydrogen-bond acceptors (Lipinski definition) is 3. The molecule has 6 nitrogen and oxygen atoms in total. The van der Waals surface area contributed by atoms with Gasteiger partial charge >= 0.3 is 5.97 Å². The van der Waals surface area contributed by atoms with Gasteiger partial charge in [0.15, 0.2) is 0 Å². The van der Waals surface area contributed by atoms with Crippen molar-refractivity contribution < 1.29 is 19.5 Å². The Balaban J connectivity index is 1.82. The molecule has 2 N–H and O–H groups in total. The van der Waals surface area contributed by atoms with Crippen molar-refractivity contribution >= 4 is 17.8 Å². The van der Waals surface area contributed by atoms with E-state index in [2.05, 4.69) is 5.32 Å². The van der Waals surface area contributed by atoms with E-state index in [0.29, 0.717) is 25.8 Å². The van der Waals surface area contributed by atoms with Crippen LogP contribution in [0.1, 0.15) is 51.9 Å². The molecule has 124 valence electrons. The molecule has 1 aliphatic heterocycles. The Labute approximate surface area is 131 Å². The fourth-order valence-corrected chi connectivity index (χ4v) is 3.45. The molecule has 1 saturated carbocycles. The van der Waals surface area contributed by atoms with Crippen molar-refractivity contribution in [1.82, 2.24) is 10.2 Å². The molecule has 0 spiro atoms. The summed E-state index contributed by atoms with van der Waals surface area (Å²) in [5.74, 6) is -1.15. The van der Waals surface area contributed by atoms with E-state index in [1.165, 1.54) is 0 Å². The largest absolute Gasteiger partial charge is 0.481 e. The Morgan fingerprint density at radius 1 is 1.18 bits per heavy atom. The standard InChI is InChI=1S/C16H26N2O4/c1-2-4-14(19)18-8-3-5-12(10-18)15(20)17-13-7-6-11(9-13)16(21)22/h11-13H,2-10H2,1H3,(H,17,20)(H,21,22)/t11-,12+,13+/m1/s1. The van der Waals surface area contributed by atoms with E-state index in [0.717, 1.165) is 32.2 Å². The van der Waals surface area contributed by atoms with E-state index >= 15 is 0 Å². The second kappa shape index (κ2) is 7.61. The van der Waals surface area contributed by atoms with Crippen LogP contribution >= 0.6 is 0 Å². The van der Waals surface area contributed by atoms with Gasteiger partial charge in [0.05, 0.1) is 11.8 Å². The molecule has 22 heavy (non-hydrogen) atoms. The molecule has 3 atom stereocenters. The Hall–Kier alpha value is -1.59. The zero-order chi connectivity index (χ0) is 16.1. The second-order valence-corrected chi connectivity index (χ2v) is 6.48. The molecule has 6 heteroatoms. The van der Waals surface area contributed by atoms with Gasteiger partial charge in [-0.25, -0.2) is 0 Å². The monoisotopic (exact) mass is 310 g/mol. The van der Waals surface area contributed by atoms with Gasteiger partial charge in [-0.2, -0.15) is 0 Å². The maximum absolute atomic E-state index is 12.4. The van der Waals surface area contributed by atoms with Gasteiger partial charge in [-0.15, -0.1) is 0 Å². The third-order valence-electron chi connectivity index (χ3n) is 4.74. The van der Waals surface area contributed by atoms with Gasteiger partial charge in [-0.3, -0.25) is 14.4 Å². The van der Waals surface area contributed by atoms with Crippen molar-refractivity contribution in [3.63, 3.8) is 0 Å². The Morgan fingerprint density at radius 3 is 2.59 bits per heavy atom. The number of carbonyl (C=O) groups excluding carboxylic acids is 2. The second-order valence-electron chi connectivity index (χ2n) is 6.48. The first-order valence-electron chi connectivity index (χ1n) is 8.32. The minimum Gasteiger partial charge on any atom is -0.481 e. The zero-order valence-corrected chi connectivity index (χ0v) is 13.2. The predicted octanol–water partition coefficient (Wildman–Crippen LogP) is 1.39. The van der Waals surface area contributed by atoms with Gasteiger partial charge in [0, 0.05) is 25.6 Å². The highest BCUT2D eigenvalue weighted by Crippen LogP contribution is 2.26. The summed E-state index contributed by atoms with van der Waals surface area (Å²) in [4.78, 5) is 37.1. The van der Waals surface area contributed by atoms with Crippen molar-refractivity contribution in [2.45, 2.75) is 57.9 Å². The highest BCUT2D eigenvalue weighted by molar-refractivity contribution is 5.81. The summed E-state index contributed by atoms with van der Waals surface area (Å²) in [6.07, 6.45) is 4.90. The average molecular weight is 310 g/mol. The molecule has 2 fully saturated rings. The smallest absolute Gasteiger partial charge is 0.306 e. The first-order chi connectivity index (χ1) is 10.5. The van der Waals surface area contributed by atoms with E-state index in [-0.39, 0.29) is 29.7 Å². The summed E-state index contributed by atoms with van der Waals surface area (Å²) < 4.78 is 0. The molecule has 2 amide bonds. The van der Waals surface area contributed by atoms with Crippen molar-refractivity contribution in [3.05, 3.63) is 0 Å². The Bertz CT molecular complexity index is 438. The lowest BCUT2D eigenvalue weighted by molar-refractivity contribution is -0.142. The number of amides is 2. The lowest BCUT2D eigenvalue weighted by Crippen LogP contribution is -2.47. The summed E-state index contributed by atoms with van der Waals surface area (Å²) in [7, 11) is 0. The van der Waals surface area contributed by atoms with Crippen LogP contribution in [0.3, 0.4) is 0 Å². The summed E-state index contributed by atoms with van der Waals surface area (Å²) in [6.45, 7) is 3.22. The number of carboxylic acids is 1. The summed E-state index contributed by atoms with van der Waals surface area (Å²) in [5, 5.41) is 12.0. The van der Waals surface area contributed by atoms with Gasteiger partial charge in [-0.1, -0.05) is 6.92 Å². The van der Waals surface area contributed by atoms with Crippen molar-refractivity contribution in [3.8, 4) is 0 Å². The van der Waals surface area contributed by atoms with Crippen LogP contribution in [-0.2, 0) is 14.4 Å². The van der Waals surface area contributed by atoms with Gasteiger partial charge in [0.1, 0.15) is 0 Å². The maximum Gasteiger partial charge on any atom is 0.306 e. The lowest BCUT2D eigenvalue weighted by atomic mass is 9.96. The van der Waals surface area contributed by atoms with Gasteiger partial charge in [0.25, 0.3) is 0 Å². The molecule has 2 aliphatic rings. The van der Waals surface area contributed by atoms with Gasteiger partial charge in [0.2, 0.25) is 11.8 Å². The van der Waals surface area contributed by atoms with E-state index in [1.807, 2.05) is 6.92 Å². The average Bonchev–Trinajstić information content (AvgIpc) is 2.96. The number of hydrogen-bond donors (Lipinski definition) is 2. The first-order valence-corrected chi connectivity index (χ1v) is 8.32. The van der Waals surface area contributed by atoms with Crippen LogP contribution in [0.25, 0.3) is 0 Å². The van der Waals surface area contributed by atoms with E-state index < -0.39 is 5.97 Å². The number of piperidine rings is 1. The normalized spacial score (nSPS) is 28.4. The number of aliphatic carboxylic acids is 1. The van der Waals surface area contributed by atoms with Crippen molar-refractivity contribution in [1.29, 1.82) is 0 Å². The SMILES string of the molecule is CCCC(=O)N1CCC[C@H](C(=O)N[C@H]2CC[C@@H](C(=O)O)C2)C1. The molecular formula is C16H26N2O4. The molecule has 0 unspecified atom stereocenters. The fourth-order valence-electron chi connectivity index (χ4n) is 3.45. The number of carboxylic acid groups (broad SMARTS) is 1. The summed E-state index contributed by atoms with van der Waals surface area (Å²) >= 11 is 0. The first kappa shape index (κ1) is 16.8. The number of carbonyl (C=O) groups is 3. The molecular weight excluding hydrogens is 284 g/mol. The summed E-state index contributed by atoms with van der Waals surface area (Å²) in [5.41, 5.74) is 0. The Morgan fingerprint density at radius 2 is 1.95 bits per heavy atom. The van der Waals surface area contributed by atoms with Crippen LogP contribution in [0.15, 0.2) is 0 Å². The van der Waals surface area contributed by atoms with E-state index in [4.69, 9.17) is 5.11 Å². The molecule has 0 aromatic carbocycles. The third-order valence-corrected chi connectivity index (χ3v) is 4.74. The molecule has 2 rings (SSSR count). The highest BCUT2D eigenvalue weighted by atomic mass is 16.4. The number of nitrogens with one attached hydrogen (secondary N) is 1. The predicted molar refractivity (Wildman–Crippen MR) is 81.1 cm³/mol. The van der Waals surface area contributed by atoms with Crippen LogP contribution in [-0.4, -0.2) is 46.9 Å². The molecule has 0 aromatic rings. The van der Waals surface area contributed by atoms with Crippen molar-refractivity contribution in [2.75, 3.05) is 13.1 Å². The minimum absolute atomic E-state index is 0.0231. The minimum atomic E-state index is -0.772. The third kappa shape index (κ3) is 4.21. The zero-order valence-electron chi connectivity index (χ0n) is 13.2. The van der Waals surface area contributed by atoms with Gasteiger partial charge < -0.3 is 15.3 Å². The Kier molecular flexibility index (Phi) is 5.80. The maximum atomic E-state index is 12.4. The van der Waals surface area contributed by atoms with Crippen LogP contribution in [0.5, 0.6) is 0 Å². The fraction of sp³-hybridized carbons (Fsp3) is 0.812. The molecule has 0 bridgehead atoms. The van der Waals surface area contributed by atoms with E-state index in [9.17, 15) is 14.4 Å². The van der Waals surface area contributed by atoms with E-state index in [1.54, 1.807) is 4.90 Å². The highest BCUT2D eigenvalue weighted by Gasteiger charge is 2.33. The lowest BCUT2D eigenvalue weighted by Gasteiger charge is -2.32. The summed E-state index contributed by atoms with van der Waals surface area (Å²) in [6, 6.07) is -0.0321. The molecule has 0 radical (unpaired) electrons. The molecule has 0 aromatic heterocycles. The topological polar surface area (TPSA) is 86.7 Å². The number of rotatable bonds is 5. The molecule has 1 aliphatic carbocycles. The molecule has 1 heterocycles. The number of nitrogens with zero attached hydrogens (tertiary/aromatic N) is 1. The van der Waals surface area contributed by atoms with Gasteiger partial charge in [-0.05, 0) is 38.5 Å². The number of likely N-dealkylation sites (tertiary alicyclic amines) is 1.